The predicted molar refractivity (Wildman–Crippen MR) is 110 cm³/mol. The number of hydrogen-bond donors (Lipinski definition) is 2. The molecule has 1 unspecified atom stereocenters. The van der Waals surface area contributed by atoms with Crippen LogP contribution in [0.25, 0.3) is 11.3 Å². The van der Waals surface area contributed by atoms with Crippen molar-refractivity contribution in [2.75, 3.05) is 11.2 Å². The van der Waals surface area contributed by atoms with E-state index < -0.39 is 16.9 Å². The molecule has 0 aliphatic carbocycles. The van der Waals surface area contributed by atoms with Gasteiger partial charge in [-0.25, -0.2) is 18.4 Å². The monoisotopic (exact) mass is 438 g/mol. The fourth-order valence-electron chi connectivity index (χ4n) is 2.41. The molecule has 0 saturated heterocycles. The van der Waals surface area contributed by atoms with Crippen molar-refractivity contribution in [2.45, 2.75) is 43.5 Å². The molecule has 29 heavy (non-hydrogen) atoms. The quantitative estimate of drug-likeness (QED) is 0.464. The number of amides is 1. The Hall–Kier alpha value is -2.53. The van der Waals surface area contributed by atoms with Crippen molar-refractivity contribution in [3.8, 4) is 11.3 Å². The van der Waals surface area contributed by atoms with Gasteiger partial charge < -0.3 is 11.2 Å². The topological polar surface area (TPSA) is 98.7 Å². The standard InChI is InChI=1S/C18H20F2N6OS2/c1-9(29-17-25-24-15(26(17)21)18(2,3)4)14(27)23-16-22-13(8-28-16)10-5-6-11(19)12(20)7-10/h5-9H,21H2,1-4H3,(H,22,23,27). The van der Waals surface area contributed by atoms with E-state index in [9.17, 15) is 13.6 Å². The summed E-state index contributed by atoms with van der Waals surface area (Å²) in [5, 5.41) is 12.8. The van der Waals surface area contributed by atoms with Crippen LogP contribution in [0.1, 0.15) is 33.5 Å². The van der Waals surface area contributed by atoms with Crippen molar-refractivity contribution in [3.63, 3.8) is 0 Å². The van der Waals surface area contributed by atoms with Crippen LogP contribution in [0.5, 0.6) is 0 Å². The highest BCUT2D eigenvalue weighted by molar-refractivity contribution is 8.00. The van der Waals surface area contributed by atoms with Crippen molar-refractivity contribution in [1.29, 1.82) is 0 Å². The summed E-state index contributed by atoms with van der Waals surface area (Å²) in [4.78, 5) is 16.8. The molecule has 0 aliphatic heterocycles. The summed E-state index contributed by atoms with van der Waals surface area (Å²) in [6.45, 7) is 7.63. The number of thioether (sulfide) groups is 1. The van der Waals surface area contributed by atoms with Crippen LogP contribution in [-0.4, -0.2) is 31.0 Å². The Labute approximate surface area is 174 Å². The SMILES string of the molecule is CC(Sc1nnc(C(C)(C)C)n1N)C(=O)Nc1nc(-c2ccc(F)c(F)c2)cs1. The van der Waals surface area contributed by atoms with E-state index in [4.69, 9.17) is 5.84 Å². The first-order valence-electron chi connectivity index (χ1n) is 8.65. The lowest BCUT2D eigenvalue weighted by atomic mass is 9.96. The molecular weight excluding hydrogens is 418 g/mol. The second-order valence-electron chi connectivity index (χ2n) is 7.34. The van der Waals surface area contributed by atoms with Gasteiger partial charge >= 0.3 is 0 Å². The average Bonchev–Trinajstić information content (AvgIpc) is 3.24. The van der Waals surface area contributed by atoms with Gasteiger partial charge in [0.1, 0.15) is 0 Å². The highest BCUT2D eigenvalue weighted by atomic mass is 32.2. The molecule has 0 radical (unpaired) electrons. The van der Waals surface area contributed by atoms with E-state index >= 15 is 0 Å². The van der Waals surface area contributed by atoms with Crippen molar-refractivity contribution in [3.05, 3.63) is 41.0 Å². The second kappa shape index (κ2) is 8.07. The Bertz CT molecular complexity index is 1040. The molecule has 154 valence electrons. The van der Waals surface area contributed by atoms with E-state index in [0.29, 0.717) is 27.4 Å². The van der Waals surface area contributed by atoms with Crippen LogP contribution in [0.4, 0.5) is 13.9 Å². The molecule has 2 heterocycles. The van der Waals surface area contributed by atoms with E-state index in [1.165, 1.54) is 33.8 Å². The highest BCUT2D eigenvalue weighted by Crippen LogP contribution is 2.28. The Morgan fingerprint density at radius 2 is 2.00 bits per heavy atom. The molecule has 0 bridgehead atoms. The number of anilines is 1. The third kappa shape index (κ3) is 4.73. The van der Waals surface area contributed by atoms with Crippen LogP contribution < -0.4 is 11.2 Å². The number of nitrogens with two attached hydrogens (primary N) is 1. The van der Waals surface area contributed by atoms with E-state index in [2.05, 4.69) is 20.5 Å². The largest absolute Gasteiger partial charge is 0.336 e. The van der Waals surface area contributed by atoms with E-state index in [1.807, 2.05) is 20.8 Å². The Morgan fingerprint density at radius 1 is 1.28 bits per heavy atom. The van der Waals surface area contributed by atoms with Crippen molar-refractivity contribution >= 4 is 34.1 Å². The van der Waals surface area contributed by atoms with Gasteiger partial charge in [-0.3, -0.25) is 4.79 Å². The number of rotatable bonds is 5. The first-order chi connectivity index (χ1) is 13.6. The number of nitrogen functional groups attached to an aromatic ring is 1. The first-order valence-corrected chi connectivity index (χ1v) is 10.4. The molecule has 11 heteroatoms. The van der Waals surface area contributed by atoms with E-state index in [-0.39, 0.29) is 11.3 Å². The Morgan fingerprint density at radius 3 is 2.62 bits per heavy atom. The first kappa shape index (κ1) is 21.2. The summed E-state index contributed by atoms with van der Waals surface area (Å²) < 4.78 is 27.9. The van der Waals surface area contributed by atoms with E-state index in [1.54, 1.807) is 12.3 Å². The van der Waals surface area contributed by atoms with Gasteiger partial charge in [-0.15, -0.1) is 21.5 Å². The van der Waals surface area contributed by atoms with Crippen LogP contribution >= 0.6 is 23.1 Å². The van der Waals surface area contributed by atoms with Crippen LogP contribution in [0.2, 0.25) is 0 Å². The molecule has 1 amide bonds. The molecule has 3 rings (SSSR count). The van der Waals surface area contributed by atoms with Crippen LogP contribution in [-0.2, 0) is 10.2 Å². The number of carbonyl (C=O) groups is 1. The van der Waals surface area contributed by atoms with Gasteiger partial charge in [-0.1, -0.05) is 32.5 Å². The molecular formula is C18H20F2N6OS2. The summed E-state index contributed by atoms with van der Waals surface area (Å²) in [5.74, 6) is 4.50. The zero-order chi connectivity index (χ0) is 21.3. The lowest BCUT2D eigenvalue weighted by molar-refractivity contribution is -0.115. The average molecular weight is 439 g/mol. The Kier molecular flexibility index (Phi) is 5.90. The molecule has 2 aromatic heterocycles. The van der Waals surface area contributed by atoms with Gasteiger partial charge in [0.15, 0.2) is 22.6 Å². The molecule has 7 nitrogen and oxygen atoms in total. The molecule has 0 aliphatic rings. The van der Waals surface area contributed by atoms with Crippen LogP contribution in [0, 0.1) is 11.6 Å². The normalized spacial score (nSPS) is 12.8. The van der Waals surface area contributed by atoms with Crippen molar-refractivity contribution in [2.24, 2.45) is 0 Å². The van der Waals surface area contributed by atoms with Gasteiger partial charge in [0, 0.05) is 16.4 Å². The maximum atomic E-state index is 13.4. The van der Waals surface area contributed by atoms with Gasteiger partial charge in [-0.05, 0) is 25.1 Å². The maximum absolute atomic E-state index is 13.4. The third-order valence-electron chi connectivity index (χ3n) is 3.94. The van der Waals surface area contributed by atoms with Gasteiger partial charge in [0.05, 0.1) is 10.9 Å². The number of halogens is 2. The summed E-state index contributed by atoms with van der Waals surface area (Å²) >= 11 is 2.37. The summed E-state index contributed by atoms with van der Waals surface area (Å²) in [6, 6.07) is 3.53. The molecule has 0 saturated carbocycles. The molecule has 1 atom stereocenters. The molecule has 0 fully saturated rings. The number of nitrogens with zero attached hydrogens (tertiary/aromatic N) is 4. The minimum absolute atomic E-state index is 0.275. The highest BCUT2D eigenvalue weighted by Gasteiger charge is 2.25. The summed E-state index contributed by atoms with van der Waals surface area (Å²) in [5.41, 5.74) is 0.596. The number of thiazole rings is 1. The van der Waals surface area contributed by atoms with Gasteiger partial charge in [-0.2, -0.15) is 0 Å². The minimum Gasteiger partial charge on any atom is -0.336 e. The number of aromatic nitrogens is 4. The van der Waals surface area contributed by atoms with Crippen LogP contribution in [0.3, 0.4) is 0 Å². The molecule has 3 N–H and O–H groups in total. The molecule has 1 aromatic carbocycles. The summed E-state index contributed by atoms with van der Waals surface area (Å²) in [6.07, 6.45) is 0. The minimum atomic E-state index is -0.952. The summed E-state index contributed by atoms with van der Waals surface area (Å²) in [7, 11) is 0. The number of nitrogens with one attached hydrogen (secondary N) is 1. The lowest BCUT2D eigenvalue weighted by Crippen LogP contribution is -2.26. The fraction of sp³-hybridized carbons (Fsp3) is 0.333. The van der Waals surface area contributed by atoms with Gasteiger partial charge in [0.25, 0.3) is 0 Å². The van der Waals surface area contributed by atoms with Gasteiger partial charge in [0.2, 0.25) is 11.1 Å². The Balaban J connectivity index is 1.67. The lowest BCUT2D eigenvalue weighted by Gasteiger charge is -2.17. The zero-order valence-electron chi connectivity index (χ0n) is 16.2. The maximum Gasteiger partial charge on any atom is 0.239 e. The smallest absolute Gasteiger partial charge is 0.239 e. The number of carbonyl (C=O) groups excluding carboxylic acids is 1. The predicted octanol–water partition coefficient (Wildman–Crippen LogP) is 3.81. The number of benzene rings is 1. The van der Waals surface area contributed by atoms with Crippen molar-refractivity contribution < 1.29 is 13.6 Å². The van der Waals surface area contributed by atoms with Crippen molar-refractivity contribution in [1.82, 2.24) is 19.9 Å². The van der Waals surface area contributed by atoms with E-state index in [0.717, 1.165) is 12.1 Å². The van der Waals surface area contributed by atoms with Crippen LogP contribution in [0.15, 0.2) is 28.7 Å². The molecule has 0 spiro atoms. The third-order valence-corrected chi connectivity index (χ3v) is 5.75. The number of hydrogen-bond acceptors (Lipinski definition) is 7. The fourth-order valence-corrected chi connectivity index (χ4v) is 3.90. The second-order valence-corrected chi connectivity index (χ2v) is 9.51. The zero-order valence-corrected chi connectivity index (χ0v) is 17.9. The molecule has 3 aromatic rings.